The van der Waals surface area contributed by atoms with Gasteiger partial charge in [0.2, 0.25) is 0 Å². The van der Waals surface area contributed by atoms with Crippen LogP contribution in [-0.2, 0) is 6.54 Å². The van der Waals surface area contributed by atoms with Gasteiger partial charge in [-0.2, -0.15) is 0 Å². The van der Waals surface area contributed by atoms with Crippen LogP contribution < -0.4 is 11.1 Å². The van der Waals surface area contributed by atoms with E-state index < -0.39 is 0 Å². The number of nitrogens with one attached hydrogen (secondary N) is 1. The van der Waals surface area contributed by atoms with Gasteiger partial charge < -0.3 is 15.6 Å². The van der Waals surface area contributed by atoms with Gasteiger partial charge in [0.25, 0.3) is 5.91 Å². The lowest BCUT2D eigenvalue weighted by Crippen LogP contribution is -2.25. The fraction of sp³-hybridized carbons (Fsp3) is 0.150. The van der Waals surface area contributed by atoms with E-state index in [1.54, 1.807) is 18.5 Å². The summed E-state index contributed by atoms with van der Waals surface area (Å²) >= 11 is 0. The number of imidazole rings is 1. The summed E-state index contributed by atoms with van der Waals surface area (Å²) in [6.45, 7) is 1.32. The number of hydrogen-bond donors (Lipinski definition) is 2. The van der Waals surface area contributed by atoms with Crippen LogP contribution in [-0.4, -0.2) is 27.0 Å². The SMILES string of the molecule is Nc1nc2ccccc2c2c1ncn2CCCNC(=O)c1ccccc1. The Labute approximate surface area is 150 Å². The molecule has 0 radical (unpaired) electrons. The number of nitrogen functional groups attached to an aromatic ring is 1. The predicted molar refractivity (Wildman–Crippen MR) is 103 cm³/mol. The second-order valence-electron chi connectivity index (χ2n) is 6.12. The molecule has 2 aromatic carbocycles. The minimum absolute atomic E-state index is 0.0556. The van der Waals surface area contributed by atoms with Gasteiger partial charge in [0.05, 0.1) is 17.4 Å². The molecule has 4 aromatic rings. The van der Waals surface area contributed by atoms with Crippen LogP contribution in [0.5, 0.6) is 0 Å². The van der Waals surface area contributed by atoms with E-state index in [2.05, 4.69) is 19.9 Å². The maximum atomic E-state index is 12.1. The van der Waals surface area contributed by atoms with Gasteiger partial charge in [-0.15, -0.1) is 0 Å². The summed E-state index contributed by atoms with van der Waals surface area (Å²) in [5, 5.41) is 3.98. The quantitative estimate of drug-likeness (QED) is 0.545. The van der Waals surface area contributed by atoms with Crippen molar-refractivity contribution in [1.82, 2.24) is 19.9 Å². The molecule has 6 heteroatoms. The fourth-order valence-electron chi connectivity index (χ4n) is 3.12. The Morgan fingerprint density at radius 2 is 1.85 bits per heavy atom. The number of carbonyl (C=O) groups excluding carboxylic acids is 1. The number of nitrogens with zero attached hydrogens (tertiary/aromatic N) is 3. The maximum Gasteiger partial charge on any atom is 0.251 e. The molecule has 2 aromatic heterocycles. The molecule has 0 fully saturated rings. The highest BCUT2D eigenvalue weighted by Gasteiger charge is 2.12. The number of amides is 1. The van der Waals surface area contributed by atoms with Gasteiger partial charge in [-0.1, -0.05) is 36.4 Å². The molecular weight excluding hydrogens is 326 g/mol. The molecule has 0 atom stereocenters. The Morgan fingerprint density at radius 3 is 2.69 bits per heavy atom. The maximum absolute atomic E-state index is 12.1. The van der Waals surface area contributed by atoms with Crippen LogP contribution in [0.2, 0.25) is 0 Å². The number of fused-ring (bicyclic) bond motifs is 3. The standard InChI is InChI=1S/C20H19N5O/c21-19-17-18(15-9-4-5-10-16(15)24-19)25(13-23-17)12-6-11-22-20(26)14-7-2-1-3-8-14/h1-5,7-10,13H,6,11-12H2,(H2,21,24)(H,22,26). The van der Waals surface area contributed by atoms with Crippen molar-refractivity contribution in [1.29, 1.82) is 0 Å². The highest BCUT2D eigenvalue weighted by Crippen LogP contribution is 2.26. The third kappa shape index (κ3) is 2.97. The van der Waals surface area contributed by atoms with Gasteiger partial charge in [0, 0.05) is 24.0 Å². The Hall–Kier alpha value is -3.41. The smallest absolute Gasteiger partial charge is 0.251 e. The van der Waals surface area contributed by atoms with Crippen molar-refractivity contribution in [2.24, 2.45) is 0 Å². The Kier molecular flexibility index (Phi) is 4.23. The average molecular weight is 345 g/mol. The third-order valence-electron chi connectivity index (χ3n) is 4.38. The van der Waals surface area contributed by atoms with Crippen LogP contribution in [0.15, 0.2) is 60.9 Å². The molecule has 0 saturated heterocycles. The second-order valence-corrected chi connectivity index (χ2v) is 6.12. The summed E-state index contributed by atoms with van der Waals surface area (Å²) in [6, 6.07) is 17.1. The number of pyridine rings is 1. The first-order valence-electron chi connectivity index (χ1n) is 8.56. The zero-order valence-corrected chi connectivity index (χ0v) is 14.2. The lowest BCUT2D eigenvalue weighted by molar-refractivity contribution is 0.0953. The van der Waals surface area contributed by atoms with Crippen LogP contribution in [0.25, 0.3) is 21.9 Å². The van der Waals surface area contributed by atoms with E-state index in [9.17, 15) is 4.79 Å². The first kappa shape index (κ1) is 16.1. The second kappa shape index (κ2) is 6.84. The summed E-state index contributed by atoms with van der Waals surface area (Å²) < 4.78 is 2.07. The van der Waals surface area contributed by atoms with E-state index in [-0.39, 0.29) is 5.91 Å². The van der Waals surface area contributed by atoms with Gasteiger partial charge in [-0.05, 0) is 24.6 Å². The Morgan fingerprint density at radius 1 is 1.08 bits per heavy atom. The van der Waals surface area contributed by atoms with E-state index in [0.717, 1.165) is 34.9 Å². The summed E-state index contributed by atoms with van der Waals surface area (Å²) in [5.74, 6) is 0.384. The number of anilines is 1. The molecular formula is C20H19N5O. The highest BCUT2D eigenvalue weighted by atomic mass is 16.1. The van der Waals surface area contributed by atoms with E-state index in [1.807, 2.05) is 42.5 Å². The van der Waals surface area contributed by atoms with Crippen molar-refractivity contribution in [2.75, 3.05) is 12.3 Å². The van der Waals surface area contributed by atoms with Gasteiger partial charge in [-0.3, -0.25) is 4.79 Å². The number of aryl methyl sites for hydroxylation is 1. The van der Waals surface area contributed by atoms with Crippen LogP contribution in [0.3, 0.4) is 0 Å². The minimum Gasteiger partial charge on any atom is -0.382 e. The molecule has 4 rings (SSSR count). The molecule has 26 heavy (non-hydrogen) atoms. The first-order chi connectivity index (χ1) is 12.7. The molecule has 0 bridgehead atoms. The zero-order chi connectivity index (χ0) is 17.9. The number of rotatable bonds is 5. The topological polar surface area (TPSA) is 85.8 Å². The largest absolute Gasteiger partial charge is 0.382 e. The molecule has 0 aliphatic carbocycles. The molecule has 130 valence electrons. The number of hydrogen-bond acceptors (Lipinski definition) is 4. The van der Waals surface area contributed by atoms with E-state index in [4.69, 9.17) is 5.73 Å². The number of carbonyl (C=O) groups is 1. The van der Waals surface area contributed by atoms with Crippen molar-refractivity contribution in [3.05, 3.63) is 66.5 Å². The van der Waals surface area contributed by atoms with Crippen LogP contribution in [0.1, 0.15) is 16.8 Å². The molecule has 2 heterocycles. The van der Waals surface area contributed by atoms with Crippen molar-refractivity contribution >= 4 is 33.7 Å². The molecule has 1 amide bonds. The Balaban J connectivity index is 1.49. The molecule has 3 N–H and O–H groups in total. The lowest BCUT2D eigenvalue weighted by Gasteiger charge is -2.09. The average Bonchev–Trinajstić information content (AvgIpc) is 3.11. The van der Waals surface area contributed by atoms with E-state index in [1.165, 1.54) is 0 Å². The molecule has 0 spiro atoms. The van der Waals surface area contributed by atoms with Gasteiger partial charge in [0.1, 0.15) is 5.52 Å². The van der Waals surface area contributed by atoms with Crippen molar-refractivity contribution in [3.63, 3.8) is 0 Å². The van der Waals surface area contributed by atoms with Crippen molar-refractivity contribution in [3.8, 4) is 0 Å². The third-order valence-corrected chi connectivity index (χ3v) is 4.38. The van der Waals surface area contributed by atoms with Crippen LogP contribution in [0.4, 0.5) is 5.82 Å². The zero-order valence-electron chi connectivity index (χ0n) is 14.2. The monoisotopic (exact) mass is 345 g/mol. The minimum atomic E-state index is -0.0556. The van der Waals surface area contributed by atoms with Gasteiger partial charge >= 0.3 is 0 Å². The molecule has 0 aliphatic heterocycles. The Bertz CT molecular complexity index is 1070. The lowest BCUT2D eigenvalue weighted by atomic mass is 10.2. The summed E-state index contributed by atoms with van der Waals surface area (Å²) in [6.07, 6.45) is 2.58. The fourth-order valence-corrected chi connectivity index (χ4v) is 3.12. The number of benzene rings is 2. The summed E-state index contributed by atoms with van der Waals surface area (Å²) in [5.41, 5.74) is 9.29. The summed E-state index contributed by atoms with van der Waals surface area (Å²) in [4.78, 5) is 20.9. The van der Waals surface area contributed by atoms with Gasteiger partial charge in [-0.25, -0.2) is 9.97 Å². The normalized spacial score (nSPS) is 11.1. The highest BCUT2D eigenvalue weighted by molar-refractivity contribution is 6.06. The van der Waals surface area contributed by atoms with Crippen molar-refractivity contribution in [2.45, 2.75) is 13.0 Å². The van der Waals surface area contributed by atoms with Crippen molar-refractivity contribution < 1.29 is 4.79 Å². The predicted octanol–water partition coefficient (Wildman–Crippen LogP) is 2.99. The van der Waals surface area contributed by atoms with E-state index in [0.29, 0.717) is 17.9 Å². The molecule has 0 saturated carbocycles. The molecule has 6 nitrogen and oxygen atoms in total. The van der Waals surface area contributed by atoms with Crippen LogP contribution >= 0.6 is 0 Å². The van der Waals surface area contributed by atoms with Crippen LogP contribution in [0, 0.1) is 0 Å². The number of nitrogens with two attached hydrogens (primary N) is 1. The number of aromatic nitrogens is 3. The van der Waals surface area contributed by atoms with E-state index >= 15 is 0 Å². The summed E-state index contributed by atoms with van der Waals surface area (Å²) in [7, 11) is 0. The molecule has 0 aliphatic rings. The number of para-hydroxylation sites is 1. The molecule has 0 unspecified atom stereocenters. The first-order valence-corrected chi connectivity index (χ1v) is 8.56. The van der Waals surface area contributed by atoms with Gasteiger partial charge in [0.15, 0.2) is 5.82 Å².